The molecule has 0 radical (unpaired) electrons. The number of nitrogens with one attached hydrogen (secondary N) is 1. The third-order valence-corrected chi connectivity index (χ3v) is 4.86. The number of pyridine rings is 1. The number of aromatic nitrogens is 5. The molecule has 26 heavy (non-hydrogen) atoms. The van der Waals surface area contributed by atoms with Gasteiger partial charge in [-0.3, -0.25) is 4.98 Å². The number of hydrogen-bond acceptors (Lipinski definition) is 8. The minimum atomic E-state index is 0.239. The van der Waals surface area contributed by atoms with Crippen molar-refractivity contribution in [2.75, 3.05) is 37.2 Å². The van der Waals surface area contributed by atoms with Crippen LogP contribution in [0, 0.1) is 0 Å². The first-order chi connectivity index (χ1) is 12.8. The molecule has 0 unspecified atom stereocenters. The molecule has 4 heterocycles. The van der Waals surface area contributed by atoms with Crippen LogP contribution in [-0.2, 0) is 6.54 Å². The summed E-state index contributed by atoms with van der Waals surface area (Å²) in [7, 11) is 0. The molecule has 0 spiro atoms. The first kappa shape index (κ1) is 16.8. The van der Waals surface area contributed by atoms with Crippen molar-refractivity contribution in [3.05, 3.63) is 12.4 Å². The molecule has 0 atom stereocenters. The van der Waals surface area contributed by atoms with E-state index in [0.29, 0.717) is 11.5 Å². The van der Waals surface area contributed by atoms with Crippen molar-refractivity contribution < 1.29 is 4.63 Å². The number of aryl methyl sites for hydroxylation is 1. The van der Waals surface area contributed by atoms with Gasteiger partial charge in [0.2, 0.25) is 0 Å². The molecule has 9 heteroatoms. The van der Waals surface area contributed by atoms with Gasteiger partial charge in [0, 0.05) is 13.1 Å². The van der Waals surface area contributed by atoms with Crippen LogP contribution in [0.1, 0.15) is 26.2 Å². The molecule has 0 bridgehead atoms. The summed E-state index contributed by atoms with van der Waals surface area (Å²) in [4.78, 5) is 11.5. The van der Waals surface area contributed by atoms with Crippen LogP contribution in [0.5, 0.6) is 0 Å². The number of imidazole rings is 1. The molecular weight excluding hydrogens is 332 g/mol. The summed E-state index contributed by atoms with van der Waals surface area (Å²) < 4.78 is 6.80. The lowest BCUT2D eigenvalue weighted by Gasteiger charge is -2.15. The molecule has 1 aliphatic rings. The van der Waals surface area contributed by atoms with Crippen molar-refractivity contribution in [3.63, 3.8) is 0 Å². The van der Waals surface area contributed by atoms with Crippen molar-refractivity contribution in [1.82, 2.24) is 29.7 Å². The van der Waals surface area contributed by atoms with Crippen molar-refractivity contribution in [2.45, 2.75) is 32.7 Å². The van der Waals surface area contributed by atoms with E-state index in [9.17, 15) is 0 Å². The molecule has 1 aliphatic heterocycles. The van der Waals surface area contributed by atoms with Gasteiger partial charge in [-0.2, -0.15) is 0 Å². The van der Waals surface area contributed by atoms with Crippen LogP contribution < -0.4 is 11.1 Å². The van der Waals surface area contributed by atoms with E-state index in [2.05, 4.69) is 42.0 Å². The van der Waals surface area contributed by atoms with Gasteiger partial charge >= 0.3 is 0 Å². The summed E-state index contributed by atoms with van der Waals surface area (Å²) in [6.07, 6.45) is 7.36. The summed E-state index contributed by atoms with van der Waals surface area (Å²) in [6, 6.07) is 0. The fourth-order valence-electron chi connectivity index (χ4n) is 3.59. The summed E-state index contributed by atoms with van der Waals surface area (Å²) in [5.41, 5.74) is 9.09. The average molecular weight is 356 g/mol. The van der Waals surface area contributed by atoms with E-state index in [1.807, 2.05) is 6.20 Å². The number of rotatable bonds is 7. The second-order valence-corrected chi connectivity index (χ2v) is 6.56. The molecule has 9 nitrogen and oxygen atoms in total. The van der Waals surface area contributed by atoms with Gasteiger partial charge < -0.3 is 20.5 Å². The monoisotopic (exact) mass is 356 g/mol. The molecule has 3 aromatic heterocycles. The second-order valence-electron chi connectivity index (χ2n) is 6.56. The molecular formula is C17H24N8O. The van der Waals surface area contributed by atoms with E-state index in [1.54, 1.807) is 6.20 Å². The molecule has 0 aliphatic carbocycles. The van der Waals surface area contributed by atoms with Crippen molar-refractivity contribution in [2.24, 2.45) is 0 Å². The number of anilines is 2. The Morgan fingerprint density at radius 2 is 2.08 bits per heavy atom. The zero-order chi connectivity index (χ0) is 17.9. The molecule has 138 valence electrons. The molecule has 0 saturated carbocycles. The highest BCUT2D eigenvalue weighted by molar-refractivity contribution is 5.90. The number of nitrogens with zero attached hydrogens (tertiary/aromatic N) is 6. The van der Waals surface area contributed by atoms with Gasteiger partial charge in [-0.15, -0.1) is 0 Å². The Morgan fingerprint density at radius 3 is 2.81 bits per heavy atom. The maximum atomic E-state index is 5.86. The Kier molecular flexibility index (Phi) is 4.70. The molecule has 3 N–H and O–H groups in total. The van der Waals surface area contributed by atoms with Crippen LogP contribution >= 0.6 is 0 Å². The highest BCUT2D eigenvalue weighted by Crippen LogP contribution is 2.30. The molecule has 0 aromatic carbocycles. The Bertz CT molecular complexity index is 880. The number of hydrogen-bond donors (Lipinski definition) is 2. The lowest BCUT2D eigenvalue weighted by molar-refractivity contribution is 0.310. The Labute approximate surface area is 151 Å². The highest BCUT2D eigenvalue weighted by Gasteiger charge is 2.20. The number of fused-ring (bicyclic) bond motifs is 1. The van der Waals surface area contributed by atoms with Crippen molar-refractivity contribution >= 4 is 22.5 Å². The van der Waals surface area contributed by atoms with Crippen LogP contribution in [0.2, 0.25) is 0 Å². The molecule has 1 saturated heterocycles. The fourth-order valence-corrected chi connectivity index (χ4v) is 3.59. The smallest absolute Gasteiger partial charge is 0.199 e. The van der Waals surface area contributed by atoms with Crippen LogP contribution in [-0.4, -0.2) is 55.9 Å². The van der Waals surface area contributed by atoms with E-state index < -0.39 is 0 Å². The van der Waals surface area contributed by atoms with E-state index in [0.717, 1.165) is 42.8 Å². The van der Waals surface area contributed by atoms with E-state index >= 15 is 0 Å². The molecule has 1 fully saturated rings. The van der Waals surface area contributed by atoms with Crippen LogP contribution in [0.25, 0.3) is 22.6 Å². The van der Waals surface area contributed by atoms with Crippen LogP contribution in [0.4, 0.5) is 11.5 Å². The predicted octanol–water partition coefficient (Wildman–Crippen LogP) is 1.98. The highest BCUT2D eigenvalue weighted by atomic mass is 16.6. The summed E-state index contributed by atoms with van der Waals surface area (Å²) in [6.45, 7) is 7.29. The summed E-state index contributed by atoms with van der Waals surface area (Å²) in [5.74, 6) is 0.887. The minimum absolute atomic E-state index is 0.239. The van der Waals surface area contributed by atoms with E-state index in [4.69, 9.17) is 10.4 Å². The third kappa shape index (κ3) is 3.10. The van der Waals surface area contributed by atoms with Gasteiger partial charge in [-0.25, -0.2) is 9.61 Å². The predicted molar refractivity (Wildman–Crippen MR) is 99.7 cm³/mol. The third-order valence-electron chi connectivity index (χ3n) is 4.86. The van der Waals surface area contributed by atoms with E-state index in [-0.39, 0.29) is 5.82 Å². The number of likely N-dealkylation sites (tertiary alicyclic amines) is 1. The summed E-state index contributed by atoms with van der Waals surface area (Å²) in [5, 5.41) is 11.1. The van der Waals surface area contributed by atoms with Crippen LogP contribution in [0.3, 0.4) is 0 Å². The van der Waals surface area contributed by atoms with Gasteiger partial charge in [-0.1, -0.05) is 0 Å². The number of nitrogens with two attached hydrogens (primary N) is 1. The van der Waals surface area contributed by atoms with Gasteiger partial charge in [0.15, 0.2) is 17.3 Å². The Hall–Kier alpha value is -2.68. The lowest BCUT2D eigenvalue weighted by Crippen LogP contribution is -2.22. The standard InChI is InChI=1S/C17H24N8O/c1-2-25-15-12(20-6-5-9-24-7-3-4-8-24)10-19-11-13(15)21-17(25)14-16(18)23-26-22-14/h10-11,20H,2-9H2,1H3,(H2,18,23). The zero-order valence-corrected chi connectivity index (χ0v) is 15.0. The van der Waals surface area contributed by atoms with Gasteiger partial charge in [0.1, 0.15) is 5.52 Å². The SMILES string of the molecule is CCn1c(-c2nonc2N)nc2cncc(NCCCN3CCCC3)c21. The maximum absolute atomic E-state index is 5.86. The lowest BCUT2D eigenvalue weighted by atomic mass is 10.3. The number of nitrogen functional groups attached to an aromatic ring is 1. The normalized spacial score (nSPS) is 15.1. The largest absolute Gasteiger partial charge is 0.382 e. The maximum Gasteiger partial charge on any atom is 0.199 e. The minimum Gasteiger partial charge on any atom is -0.382 e. The Morgan fingerprint density at radius 1 is 1.23 bits per heavy atom. The van der Waals surface area contributed by atoms with Crippen molar-refractivity contribution in [1.29, 1.82) is 0 Å². The van der Waals surface area contributed by atoms with Gasteiger partial charge in [0.05, 0.1) is 23.6 Å². The van der Waals surface area contributed by atoms with Crippen molar-refractivity contribution in [3.8, 4) is 11.5 Å². The molecule has 4 rings (SSSR count). The topological polar surface area (TPSA) is 111 Å². The average Bonchev–Trinajstić information content (AvgIpc) is 3.37. The quantitative estimate of drug-likeness (QED) is 0.618. The Balaban J connectivity index is 1.57. The zero-order valence-electron chi connectivity index (χ0n) is 15.0. The summed E-state index contributed by atoms with van der Waals surface area (Å²) >= 11 is 0. The van der Waals surface area contributed by atoms with E-state index in [1.165, 1.54) is 25.9 Å². The fraction of sp³-hybridized carbons (Fsp3) is 0.529. The first-order valence-electron chi connectivity index (χ1n) is 9.16. The van der Waals surface area contributed by atoms with Gasteiger partial charge in [0.25, 0.3) is 0 Å². The molecule has 0 amide bonds. The van der Waals surface area contributed by atoms with Gasteiger partial charge in [-0.05, 0) is 56.1 Å². The first-order valence-corrected chi connectivity index (χ1v) is 9.16. The van der Waals surface area contributed by atoms with Crippen LogP contribution in [0.15, 0.2) is 17.0 Å². The molecule has 3 aromatic rings. The second kappa shape index (κ2) is 7.28.